The van der Waals surface area contributed by atoms with Gasteiger partial charge in [-0.25, -0.2) is 9.97 Å². The fourth-order valence-electron chi connectivity index (χ4n) is 2.69. The maximum atomic E-state index is 12.0. The lowest BCUT2D eigenvalue weighted by Crippen LogP contribution is -2.22. The van der Waals surface area contributed by atoms with Crippen molar-refractivity contribution in [3.63, 3.8) is 0 Å². The number of nitrogens with one attached hydrogen (secondary N) is 1. The van der Waals surface area contributed by atoms with Crippen LogP contribution in [0.4, 0.5) is 0 Å². The highest BCUT2D eigenvalue weighted by atomic mass is 16.3. The second kappa shape index (κ2) is 6.24. The summed E-state index contributed by atoms with van der Waals surface area (Å²) in [7, 11) is 1.94. The monoisotopic (exact) mass is 332 g/mol. The summed E-state index contributed by atoms with van der Waals surface area (Å²) < 4.78 is 7.52. The number of para-hydroxylation sites is 4. The molecule has 6 heteroatoms. The number of rotatable bonds is 4. The average Bonchev–Trinajstić information content (AvgIpc) is 3.19. The highest BCUT2D eigenvalue weighted by molar-refractivity contribution is 5.91. The van der Waals surface area contributed by atoms with E-state index in [1.807, 2.05) is 60.1 Å². The standard InChI is InChI=1S/C19H16N4O2/c1-23-15-8-4-2-6-13(15)21-17(23)12-20-18(24)10-11-19-22-14-7-3-5-9-16(14)25-19/h2-11H,12H2,1H3,(H,20,24)/b11-10+. The molecule has 0 saturated heterocycles. The topological polar surface area (TPSA) is 73.0 Å². The number of nitrogens with zero attached hydrogens (tertiary/aromatic N) is 3. The number of fused-ring (bicyclic) bond motifs is 2. The van der Waals surface area contributed by atoms with E-state index >= 15 is 0 Å². The largest absolute Gasteiger partial charge is 0.437 e. The minimum absolute atomic E-state index is 0.227. The Morgan fingerprint density at radius 2 is 1.88 bits per heavy atom. The molecule has 6 nitrogen and oxygen atoms in total. The number of benzene rings is 2. The van der Waals surface area contributed by atoms with Crippen molar-refractivity contribution in [2.45, 2.75) is 6.54 Å². The molecule has 0 fully saturated rings. The molecule has 0 bridgehead atoms. The molecular formula is C19H16N4O2. The van der Waals surface area contributed by atoms with Gasteiger partial charge in [-0.3, -0.25) is 4.79 Å². The minimum atomic E-state index is -0.227. The van der Waals surface area contributed by atoms with E-state index in [0.29, 0.717) is 18.0 Å². The summed E-state index contributed by atoms with van der Waals surface area (Å²) in [5.74, 6) is 0.971. The van der Waals surface area contributed by atoms with Gasteiger partial charge in [-0.05, 0) is 24.3 Å². The first-order valence-electron chi connectivity index (χ1n) is 7.92. The van der Waals surface area contributed by atoms with E-state index in [1.54, 1.807) is 6.08 Å². The summed E-state index contributed by atoms with van der Waals surface area (Å²) in [4.78, 5) is 20.8. The predicted molar refractivity (Wildman–Crippen MR) is 95.6 cm³/mol. The van der Waals surface area contributed by atoms with Gasteiger partial charge in [0.25, 0.3) is 0 Å². The Labute approximate surface area is 143 Å². The second-order valence-electron chi connectivity index (χ2n) is 5.65. The zero-order valence-electron chi connectivity index (χ0n) is 13.6. The molecule has 4 rings (SSSR count). The number of hydrogen-bond acceptors (Lipinski definition) is 4. The van der Waals surface area contributed by atoms with Crippen molar-refractivity contribution in [3.8, 4) is 0 Å². The lowest BCUT2D eigenvalue weighted by atomic mass is 10.3. The summed E-state index contributed by atoms with van der Waals surface area (Å²) in [5.41, 5.74) is 3.41. The number of carbonyl (C=O) groups is 1. The van der Waals surface area contributed by atoms with Crippen molar-refractivity contribution in [1.82, 2.24) is 19.9 Å². The van der Waals surface area contributed by atoms with Crippen LogP contribution in [0.15, 0.2) is 59.0 Å². The molecule has 0 aliphatic carbocycles. The normalized spacial score (nSPS) is 11.6. The van der Waals surface area contributed by atoms with Gasteiger partial charge in [-0.1, -0.05) is 24.3 Å². The van der Waals surface area contributed by atoms with Gasteiger partial charge in [0.05, 0.1) is 17.6 Å². The highest BCUT2D eigenvalue weighted by Crippen LogP contribution is 2.16. The van der Waals surface area contributed by atoms with Crippen LogP contribution in [0, 0.1) is 0 Å². The van der Waals surface area contributed by atoms with Crippen LogP contribution in [-0.4, -0.2) is 20.4 Å². The molecule has 1 amide bonds. The van der Waals surface area contributed by atoms with Crippen LogP contribution in [0.2, 0.25) is 0 Å². The molecule has 0 aliphatic rings. The van der Waals surface area contributed by atoms with E-state index in [4.69, 9.17) is 4.42 Å². The first kappa shape index (κ1) is 15.1. The Kier molecular flexibility index (Phi) is 3.78. The molecule has 0 saturated carbocycles. The van der Waals surface area contributed by atoms with Crippen molar-refractivity contribution in [1.29, 1.82) is 0 Å². The molecule has 0 radical (unpaired) electrons. The number of amides is 1. The molecule has 124 valence electrons. The molecule has 4 aromatic rings. The SMILES string of the molecule is Cn1c(CNC(=O)/C=C/c2nc3ccccc3o2)nc2ccccc21. The Hall–Kier alpha value is -3.41. The van der Waals surface area contributed by atoms with E-state index < -0.39 is 0 Å². The van der Waals surface area contributed by atoms with Crippen LogP contribution in [0.1, 0.15) is 11.7 Å². The first-order chi connectivity index (χ1) is 12.2. The maximum absolute atomic E-state index is 12.0. The fourth-order valence-corrected chi connectivity index (χ4v) is 2.69. The lowest BCUT2D eigenvalue weighted by molar-refractivity contribution is -0.116. The van der Waals surface area contributed by atoms with E-state index in [9.17, 15) is 4.79 Å². The second-order valence-corrected chi connectivity index (χ2v) is 5.65. The smallest absolute Gasteiger partial charge is 0.244 e. The average molecular weight is 332 g/mol. The highest BCUT2D eigenvalue weighted by Gasteiger charge is 2.08. The molecule has 0 spiro atoms. The van der Waals surface area contributed by atoms with E-state index in [0.717, 1.165) is 22.4 Å². The third-order valence-electron chi connectivity index (χ3n) is 3.99. The van der Waals surface area contributed by atoms with Gasteiger partial charge >= 0.3 is 0 Å². The number of oxazole rings is 1. The van der Waals surface area contributed by atoms with Gasteiger partial charge in [0.2, 0.25) is 11.8 Å². The summed E-state index contributed by atoms with van der Waals surface area (Å²) in [6.07, 6.45) is 2.97. The van der Waals surface area contributed by atoms with Crippen LogP contribution in [0.25, 0.3) is 28.2 Å². The van der Waals surface area contributed by atoms with Crippen molar-refractivity contribution in [2.75, 3.05) is 0 Å². The fraction of sp³-hybridized carbons (Fsp3) is 0.105. The van der Waals surface area contributed by atoms with Gasteiger partial charge in [0.15, 0.2) is 5.58 Å². The third-order valence-corrected chi connectivity index (χ3v) is 3.99. The van der Waals surface area contributed by atoms with Gasteiger partial charge in [-0.15, -0.1) is 0 Å². The molecular weight excluding hydrogens is 316 g/mol. The molecule has 0 aliphatic heterocycles. The molecule has 2 aromatic heterocycles. The number of hydrogen-bond donors (Lipinski definition) is 1. The summed E-state index contributed by atoms with van der Waals surface area (Å²) in [6.45, 7) is 0.349. The number of aromatic nitrogens is 3. The predicted octanol–water partition coefficient (Wildman–Crippen LogP) is 3.04. The van der Waals surface area contributed by atoms with Crippen molar-refractivity contribution >= 4 is 34.1 Å². The molecule has 0 unspecified atom stereocenters. The van der Waals surface area contributed by atoms with Crippen LogP contribution < -0.4 is 5.32 Å². The Bertz CT molecular complexity index is 1060. The van der Waals surface area contributed by atoms with Crippen molar-refractivity contribution < 1.29 is 9.21 Å². The van der Waals surface area contributed by atoms with E-state index in [2.05, 4.69) is 15.3 Å². The zero-order chi connectivity index (χ0) is 17.2. The maximum Gasteiger partial charge on any atom is 0.244 e. The molecule has 0 atom stereocenters. The quantitative estimate of drug-likeness (QED) is 0.583. The Morgan fingerprint density at radius 3 is 2.68 bits per heavy atom. The van der Waals surface area contributed by atoms with Gasteiger partial charge < -0.3 is 14.3 Å². The number of carbonyl (C=O) groups excluding carboxylic acids is 1. The molecule has 25 heavy (non-hydrogen) atoms. The Morgan fingerprint density at radius 1 is 1.12 bits per heavy atom. The molecule has 2 aromatic carbocycles. The number of imidazole rings is 1. The third kappa shape index (κ3) is 3.01. The van der Waals surface area contributed by atoms with Crippen LogP contribution >= 0.6 is 0 Å². The molecule has 2 heterocycles. The summed E-state index contributed by atoms with van der Waals surface area (Å²) in [5, 5.41) is 2.83. The first-order valence-corrected chi connectivity index (χ1v) is 7.92. The lowest BCUT2D eigenvalue weighted by Gasteiger charge is -2.02. The summed E-state index contributed by atoms with van der Waals surface area (Å²) >= 11 is 0. The van der Waals surface area contributed by atoms with E-state index in [-0.39, 0.29) is 5.91 Å². The van der Waals surface area contributed by atoms with Crippen LogP contribution in [0.5, 0.6) is 0 Å². The zero-order valence-corrected chi connectivity index (χ0v) is 13.6. The number of aryl methyl sites for hydroxylation is 1. The van der Waals surface area contributed by atoms with Crippen LogP contribution in [0.3, 0.4) is 0 Å². The van der Waals surface area contributed by atoms with Gasteiger partial charge in [0.1, 0.15) is 11.3 Å². The van der Waals surface area contributed by atoms with Gasteiger partial charge in [-0.2, -0.15) is 0 Å². The summed E-state index contributed by atoms with van der Waals surface area (Å²) in [6, 6.07) is 15.3. The molecule has 1 N–H and O–H groups in total. The van der Waals surface area contributed by atoms with Crippen molar-refractivity contribution in [3.05, 3.63) is 66.3 Å². The Balaban J connectivity index is 1.43. The van der Waals surface area contributed by atoms with E-state index in [1.165, 1.54) is 6.08 Å². The van der Waals surface area contributed by atoms with Crippen LogP contribution in [-0.2, 0) is 18.4 Å². The van der Waals surface area contributed by atoms with Crippen molar-refractivity contribution in [2.24, 2.45) is 7.05 Å². The minimum Gasteiger partial charge on any atom is -0.437 e. The van der Waals surface area contributed by atoms with Gasteiger partial charge in [0, 0.05) is 19.2 Å².